The zero-order chi connectivity index (χ0) is 14.3. The lowest BCUT2D eigenvalue weighted by molar-refractivity contribution is 1.05. The molecule has 0 atom stereocenters. The second-order valence-electron chi connectivity index (χ2n) is 4.31. The minimum absolute atomic E-state index is 0.125. The van der Waals surface area contributed by atoms with Crippen molar-refractivity contribution in [2.75, 3.05) is 0 Å². The fraction of sp³-hybridized carbons (Fsp3) is 0.0714. The molecule has 0 aliphatic rings. The summed E-state index contributed by atoms with van der Waals surface area (Å²) in [6.07, 6.45) is 1.73. The van der Waals surface area contributed by atoms with Gasteiger partial charge in [0, 0.05) is 21.6 Å². The normalized spacial score (nSPS) is 10.9. The topological polar surface area (TPSA) is 58.6 Å². The molecule has 6 heteroatoms. The van der Waals surface area contributed by atoms with Crippen LogP contribution in [0.2, 0.25) is 0 Å². The van der Waals surface area contributed by atoms with Crippen LogP contribution >= 0.6 is 38.5 Å². The van der Waals surface area contributed by atoms with Crippen molar-refractivity contribution in [3.8, 4) is 11.4 Å². The fourth-order valence-corrected chi connectivity index (χ4v) is 2.74. The van der Waals surface area contributed by atoms with Gasteiger partial charge in [-0.15, -0.1) is 0 Å². The Morgan fingerprint density at radius 3 is 2.85 bits per heavy atom. The summed E-state index contributed by atoms with van der Waals surface area (Å²) in [6.45, 7) is 1.83. The second-order valence-corrected chi connectivity index (χ2v) is 6.24. The van der Waals surface area contributed by atoms with E-state index in [4.69, 9.17) is 0 Å². The van der Waals surface area contributed by atoms with E-state index in [0.717, 1.165) is 26.6 Å². The van der Waals surface area contributed by atoms with E-state index in [2.05, 4.69) is 30.9 Å². The molecule has 20 heavy (non-hydrogen) atoms. The number of rotatable bonds is 1. The van der Waals surface area contributed by atoms with Crippen LogP contribution in [0.1, 0.15) is 5.69 Å². The third kappa shape index (κ3) is 2.26. The Labute approximate surface area is 136 Å². The number of fused-ring (bicyclic) bond motifs is 1. The number of hydrogen-bond donors (Lipinski definition) is 1. The van der Waals surface area contributed by atoms with Crippen LogP contribution in [-0.2, 0) is 0 Å². The molecule has 0 saturated carbocycles. The molecular weight excluding hydrogens is 433 g/mol. The summed E-state index contributed by atoms with van der Waals surface area (Å²) in [5.74, 6) is 0.545. The summed E-state index contributed by atoms with van der Waals surface area (Å²) in [7, 11) is 0. The van der Waals surface area contributed by atoms with Crippen molar-refractivity contribution in [3.63, 3.8) is 0 Å². The van der Waals surface area contributed by atoms with Gasteiger partial charge in [-0.05, 0) is 47.7 Å². The molecule has 2 aromatic heterocycles. The lowest BCUT2D eigenvalue weighted by Crippen LogP contribution is -2.14. The van der Waals surface area contributed by atoms with Crippen molar-refractivity contribution < 1.29 is 0 Å². The molecule has 0 unspecified atom stereocenters. The Kier molecular flexibility index (Phi) is 3.59. The first-order valence-corrected chi connectivity index (χ1v) is 7.75. The number of halogens is 2. The Balaban J connectivity index is 2.36. The van der Waals surface area contributed by atoms with Gasteiger partial charge >= 0.3 is 0 Å². The molecule has 1 N–H and O–H groups in total. The largest absolute Gasteiger partial charge is 0.306 e. The number of nitrogens with zero attached hydrogens (tertiary/aromatic N) is 2. The van der Waals surface area contributed by atoms with Crippen LogP contribution in [0.4, 0.5) is 0 Å². The first kappa shape index (κ1) is 13.7. The summed E-state index contributed by atoms with van der Waals surface area (Å²) in [5.41, 5.74) is 2.22. The molecule has 0 saturated heterocycles. The smallest absolute Gasteiger partial charge is 0.264 e. The highest BCUT2D eigenvalue weighted by Crippen LogP contribution is 2.29. The fourth-order valence-electron chi connectivity index (χ4n) is 2.03. The van der Waals surface area contributed by atoms with Gasteiger partial charge in [0.05, 0.1) is 14.8 Å². The number of pyridine rings is 1. The maximum Gasteiger partial charge on any atom is 0.264 e. The zero-order valence-electron chi connectivity index (χ0n) is 10.4. The Hall–Kier alpha value is -1.28. The van der Waals surface area contributed by atoms with Crippen molar-refractivity contribution >= 4 is 49.4 Å². The van der Waals surface area contributed by atoms with E-state index in [1.807, 2.05) is 53.8 Å². The number of benzene rings is 1. The maximum absolute atomic E-state index is 11.9. The molecule has 0 spiro atoms. The van der Waals surface area contributed by atoms with Gasteiger partial charge in [-0.3, -0.25) is 9.78 Å². The summed E-state index contributed by atoms with van der Waals surface area (Å²) >= 11 is 5.51. The molecule has 0 bridgehead atoms. The van der Waals surface area contributed by atoms with Gasteiger partial charge in [0.25, 0.3) is 5.56 Å². The quantitative estimate of drug-likeness (QED) is 0.586. The summed E-state index contributed by atoms with van der Waals surface area (Å²) in [6, 6.07) is 7.70. The third-order valence-corrected chi connectivity index (χ3v) is 4.96. The number of hydrogen-bond acceptors (Lipinski definition) is 3. The Morgan fingerprint density at radius 1 is 1.30 bits per heavy atom. The number of aromatic nitrogens is 3. The van der Waals surface area contributed by atoms with Crippen molar-refractivity contribution in [1.29, 1.82) is 0 Å². The molecule has 100 valence electrons. The molecular formula is C14H9BrIN3O. The van der Waals surface area contributed by atoms with E-state index in [0.29, 0.717) is 9.39 Å². The van der Waals surface area contributed by atoms with E-state index in [1.54, 1.807) is 6.20 Å². The van der Waals surface area contributed by atoms with Crippen LogP contribution in [-0.4, -0.2) is 15.0 Å². The number of H-pyrrole nitrogens is 1. The van der Waals surface area contributed by atoms with Crippen LogP contribution in [0.5, 0.6) is 0 Å². The standard InChI is InChI=1S/C14H9BrIN3O/c1-7-11(16)14(20)19-13(18-7)9-4-5-10(15)8-3-2-6-17-12(8)9/h2-6H,1H3,(H,18,19,20). The first-order valence-electron chi connectivity index (χ1n) is 5.88. The SMILES string of the molecule is Cc1nc(-c2ccc(Br)c3cccnc23)[nH]c(=O)c1I. The highest BCUT2D eigenvalue weighted by atomic mass is 127. The minimum atomic E-state index is -0.125. The van der Waals surface area contributed by atoms with Crippen molar-refractivity contribution in [1.82, 2.24) is 15.0 Å². The van der Waals surface area contributed by atoms with Gasteiger partial charge in [-0.1, -0.05) is 22.0 Å². The summed E-state index contributed by atoms with van der Waals surface area (Å²) in [4.78, 5) is 23.6. The van der Waals surface area contributed by atoms with Crippen molar-refractivity contribution in [2.45, 2.75) is 6.92 Å². The van der Waals surface area contributed by atoms with Gasteiger partial charge < -0.3 is 4.98 Å². The van der Waals surface area contributed by atoms with Gasteiger partial charge in [-0.25, -0.2) is 4.98 Å². The number of aromatic amines is 1. The predicted molar refractivity (Wildman–Crippen MR) is 90.7 cm³/mol. The second kappa shape index (κ2) is 5.25. The van der Waals surface area contributed by atoms with Crippen LogP contribution < -0.4 is 5.56 Å². The van der Waals surface area contributed by atoms with Crippen molar-refractivity contribution in [2.24, 2.45) is 0 Å². The van der Waals surface area contributed by atoms with E-state index in [1.165, 1.54) is 0 Å². The molecule has 3 rings (SSSR count). The van der Waals surface area contributed by atoms with Gasteiger partial charge in [-0.2, -0.15) is 0 Å². The van der Waals surface area contributed by atoms with E-state index < -0.39 is 0 Å². The van der Waals surface area contributed by atoms with E-state index >= 15 is 0 Å². The molecule has 1 aromatic carbocycles. The van der Waals surface area contributed by atoms with Gasteiger partial charge in [0.1, 0.15) is 5.82 Å². The Bertz CT molecular complexity index is 876. The van der Waals surface area contributed by atoms with Crippen LogP contribution in [0.15, 0.2) is 39.7 Å². The van der Waals surface area contributed by atoms with E-state index in [-0.39, 0.29) is 5.56 Å². The highest BCUT2D eigenvalue weighted by Gasteiger charge is 2.12. The molecule has 3 aromatic rings. The number of aryl methyl sites for hydroxylation is 1. The molecule has 4 nitrogen and oxygen atoms in total. The van der Waals surface area contributed by atoms with Gasteiger partial charge in [0.15, 0.2) is 0 Å². The van der Waals surface area contributed by atoms with Crippen LogP contribution in [0.3, 0.4) is 0 Å². The predicted octanol–water partition coefficient (Wildman–Crippen LogP) is 3.66. The van der Waals surface area contributed by atoms with Crippen LogP contribution in [0, 0.1) is 10.5 Å². The monoisotopic (exact) mass is 441 g/mol. The minimum Gasteiger partial charge on any atom is -0.306 e. The molecule has 0 amide bonds. The lowest BCUT2D eigenvalue weighted by atomic mass is 10.1. The average Bonchev–Trinajstić information content (AvgIpc) is 2.45. The molecule has 0 radical (unpaired) electrons. The van der Waals surface area contributed by atoms with E-state index in [9.17, 15) is 4.79 Å². The third-order valence-electron chi connectivity index (χ3n) is 3.00. The number of nitrogens with one attached hydrogen (secondary N) is 1. The first-order chi connectivity index (χ1) is 9.58. The lowest BCUT2D eigenvalue weighted by Gasteiger charge is -2.08. The summed E-state index contributed by atoms with van der Waals surface area (Å²) < 4.78 is 1.58. The zero-order valence-corrected chi connectivity index (χ0v) is 14.2. The molecule has 0 fully saturated rings. The molecule has 0 aliphatic carbocycles. The molecule has 0 aliphatic heterocycles. The van der Waals surface area contributed by atoms with Crippen molar-refractivity contribution in [3.05, 3.63) is 54.6 Å². The molecule has 2 heterocycles. The average molecular weight is 442 g/mol. The van der Waals surface area contributed by atoms with Gasteiger partial charge in [0.2, 0.25) is 0 Å². The summed E-state index contributed by atoms with van der Waals surface area (Å²) in [5, 5.41) is 0.990. The maximum atomic E-state index is 11.9. The Morgan fingerprint density at radius 2 is 2.10 bits per heavy atom. The highest BCUT2D eigenvalue weighted by molar-refractivity contribution is 14.1. The van der Waals surface area contributed by atoms with Crippen LogP contribution in [0.25, 0.3) is 22.3 Å².